The monoisotopic (exact) mass is 484 g/mol. The zero-order valence-corrected chi connectivity index (χ0v) is 18.9. The molecule has 2 aromatic carbocycles. The average molecular weight is 485 g/mol. The molecule has 0 radical (unpaired) electrons. The number of carbonyl (C=O) groups is 3. The molecule has 0 saturated heterocycles. The lowest BCUT2D eigenvalue weighted by atomic mass is 10.1. The third kappa shape index (κ3) is 4.22. The molecule has 3 amide bonds. The van der Waals surface area contributed by atoms with E-state index in [1.165, 1.54) is 16.2 Å². The van der Waals surface area contributed by atoms with Crippen molar-refractivity contribution in [3.05, 3.63) is 46.3 Å². The molecular weight excluding hydrogens is 468 g/mol. The van der Waals surface area contributed by atoms with Gasteiger partial charge in [0.05, 0.1) is 17.1 Å². The van der Waals surface area contributed by atoms with E-state index in [0.717, 1.165) is 10.4 Å². The number of nitrogens with one attached hydrogen (secondary N) is 2. The first-order valence-corrected chi connectivity index (χ1v) is 11.1. The van der Waals surface area contributed by atoms with Gasteiger partial charge in [0.25, 0.3) is 11.8 Å². The summed E-state index contributed by atoms with van der Waals surface area (Å²) in [6.45, 7) is 1.52. The molecule has 3 heterocycles. The Kier molecular flexibility index (Phi) is 5.39. The highest BCUT2D eigenvalue weighted by atomic mass is 35.5. The summed E-state index contributed by atoms with van der Waals surface area (Å²) in [5, 5.41) is 6.37. The molecule has 0 fully saturated rings. The number of nitrogens with zero attached hydrogens (tertiary/aromatic N) is 2. The number of amides is 3. The predicted molar refractivity (Wildman–Crippen MR) is 124 cm³/mol. The minimum absolute atomic E-state index is 0.0133. The van der Waals surface area contributed by atoms with Gasteiger partial charge in [0.15, 0.2) is 18.3 Å². The fraction of sp³-hybridized carbons (Fsp3) is 0.182. The van der Waals surface area contributed by atoms with E-state index in [9.17, 15) is 14.4 Å². The van der Waals surface area contributed by atoms with Crippen molar-refractivity contribution >= 4 is 57.2 Å². The van der Waals surface area contributed by atoms with Gasteiger partial charge in [-0.3, -0.25) is 19.3 Å². The van der Waals surface area contributed by atoms with E-state index in [1.807, 2.05) is 13.0 Å². The molecule has 3 aromatic rings. The van der Waals surface area contributed by atoms with Crippen LogP contribution in [0, 0.1) is 6.92 Å². The second kappa shape index (κ2) is 8.38. The van der Waals surface area contributed by atoms with E-state index in [4.69, 9.17) is 21.1 Å². The van der Waals surface area contributed by atoms with E-state index in [0.29, 0.717) is 38.7 Å². The lowest BCUT2D eigenvalue weighted by Crippen LogP contribution is -2.43. The standard InChI is InChI=1S/C22H17ClN4O5S/c1-11-21(12-2-4-16-14(6-12)24-19(29)9-31-16)26-22(33-11)25-18(28)8-27-15-7-13(23)3-5-17(15)32-10-20(27)30/h2-7H,8-10H2,1H3,(H,24,29)(H,25,26,28). The van der Waals surface area contributed by atoms with Crippen molar-refractivity contribution in [1.29, 1.82) is 0 Å². The third-order valence-corrected chi connectivity index (χ3v) is 6.22. The molecule has 0 unspecified atom stereocenters. The number of hydrogen-bond donors (Lipinski definition) is 2. The summed E-state index contributed by atoms with van der Waals surface area (Å²) in [6, 6.07) is 10.3. The molecule has 9 nitrogen and oxygen atoms in total. The minimum atomic E-state index is -0.400. The first kappa shape index (κ1) is 21.2. The fourth-order valence-corrected chi connectivity index (χ4v) is 4.62. The summed E-state index contributed by atoms with van der Waals surface area (Å²) in [5.74, 6) is 0.123. The number of aromatic nitrogens is 1. The van der Waals surface area contributed by atoms with Crippen LogP contribution < -0.4 is 25.0 Å². The van der Waals surface area contributed by atoms with Crippen molar-refractivity contribution in [2.24, 2.45) is 0 Å². The molecule has 0 atom stereocenters. The van der Waals surface area contributed by atoms with Gasteiger partial charge in [-0.2, -0.15) is 0 Å². The molecule has 5 rings (SSSR count). The molecular formula is C22H17ClN4O5S. The van der Waals surface area contributed by atoms with Crippen LogP contribution in [0.5, 0.6) is 11.5 Å². The second-order valence-electron chi connectivity index (χ2n) is 7.40. The SMILES string of the molecule is Cc1sc(NC(=O)CN2C(=O)COc3ccc(Cl)cc32)nc1-c1ccc2c(c1)NC(=O)CO2. The maximum Gasteiger partial charge on any atom is 0.265 e. The second-order valence-corrected chi connectivity index (χ2v) is 9.04. The predicted octanol–water partition coefficient (Wildman–Crippen LogP) is 3.47. The highest BCUT2D eigenvalue weighted by Gasteiger charge is 2.28. The molecule has 11 heteroatoms. The molecule has 0 spiro atoms. The lowest BCUT2D eigenvalue weighted by Gasteiger charge is -2.28. The summed E-state index contributed by atoms with van der Waals surface area (Å²) in [6.07, 6.45) is 0. The van der Waals surface area contributed by atoms with Gasteiger partial charge in [0, 0.05) is 15.5 Å². The minimum Gasteiger partial charge on any atom is -0.482 e. The zero-order chi connectivity index (χ0) is 23.1. The topological polar surface area (TPSA) is 110 Å². The Labute approximate surface area is 197 Å². The Bertz CT molecular complexity index is 1310. The Morgan fingerprint density at radius 2 is 1.97 bits per heavy atom. The number of fused-ring (bicyclic) bond motifs is 2. The molecule has 2 aliphatic rings. The average Bonchev–Trinajstić information content (AvgIpc) is 3.15. The van der Waals surface area contributed by atoms with Crippen LogP contribution in [-0.2, 0) is 14.4 Å². The first-order chi connectivity index (χ1) is 15.9. The van der Waals surface area contributed by atoms with Gasteiger partial charge in [-0.15, -0.1) is 11.3 Å². The number of anilines is 3. The van der Waals surface area contributed by atoms with E-state index in [1.54, 1.807) is 30.3 Å². The van der Waals surface area contributed by atoms with Gasteiger partial charge in [-0.05, 0) is 43.3 Å². The molecule has 0 bridgehead atoms. The number of halogens is 1. The lowest BCUT2D eigenvalue weighted by molar-refractivity contribution is -0.123. The Hall–Kier alpha value is -3.63. The van der Waals surface area contributed by atoms with Gasteiger partial charge in [0.1, 0.15) is 18.0 Å². The van der Waals surface area contributed by atoms with Crippen LogP contribution in [0.4, 0.5) is 16.5 Å². The Balaban J connectivity index is 1.33. The van der Waals surface area contributed by atoms with Gasteiger partial charge in [0.2, 0.25) is 5.91 Å². The van der Waals surface area contributed by atoms with Crippen LogP contribution in [0.1, 0.15) is 4.88 Å². The number of ether oxygens (including phenoxy) is 2. The first-order valence-electron chi connectivity index (χ1n) is 9.94. The van der Waals surface area contributed by atoms with Crippen molar-refractivity contribution in [2.75, 3.05) is 35.3 Å². The molecule has 33 heavy (non-hydrogen) atoms. The van der Waals surface area contributed by atoms with Gasteiger partial charge in [-0.1, -0.05) is 11.6 Å². The summed E-state index contributed by atoms with van der Waals surface area (Å²) in [5.41, 5.74) is 2.48. The van der Waals surface area contributed by atoms with Crippen LogP contribution in [0.3, 0.4) is 0 Å². The normalized spacial score (nSPS) is 14.5. The molecule has 2 aliphatic heterocycles. The molecule has 1 aromatic heterocycles. The van der Waals surface area contributed by atoms with Gasteiger partial charge < -0.3 is 20.1 Å². The summed E-state index contributed by atoms with van der Waals surface area (Å²) in [7, 11) is 0. The molecule has 168 valence electrons. The van der Waals surface area contributed by atoms with E-state index in [-0.39, 0.29) is 31.6 Å². The van der Waals surface area contributed by atoms with Crippen LogP contribution >= 0.6 is 22.9 Å². The smallest absolute Gasteiger partial charge is 0.265 e. The highest BCUT2D eigenvalue weighted by molar-refractivity contribution is 7.16. The van der Waals surface area contributed by atoms with Crippen molar-refractivity contribution in [3.63, 3.8) is 0 Å². The zero-order valence-electron chi connectivity index (χ0n) is 17.3. The number of aryl methyl sites for hydroxylation is 1. The van der Waals surface area contributed by atoms with E-state index >= 15 is 0 Å². The number of carbonyl (C=O) groups excluding carboxylic acids is 3. The molecule has 0 aliphatic carbocycles. The Morgan fingerprint density at radius 1 is 1.18 bits per heavy atom. The van der Waals surface area contributed by atoms with Gasteiger partial charge in [-0.25, -0.2) is 4.98 Å². The molecule has 2 N–H and O–H groups in total. The van der Waals surface area contributed by atoms with Crippen LogP contribution in [-0.4, -0.2) is 42.5 Å². The number of benzene rings is 2. The summed E-state index contributed by atoms with van der Waals surface area (Å²) >= 11 is 7.37. The summed E-state index contributed by atoms with van der Waals surface area (Å²) in [4.78, 5) is 43.5. The number of hydrogen-bond acceptors (Lipinski definition) is 7. The third-order valence-electron chi connectivity index (χ3n) is 5.09. The van der Waals surface area contributed by atoms with Crippen LogP contribution in [0.25, 0.3) is 11.3 Å². The van der Waals surface area contributed by atoms with Gasteiger partial charge >= 0.3 is 0 Å². The maximum atomic E-state index is 12.7. The summed E-state index contributed by atoms with van der Waals surface area (Å²) < 4.78 is 10.8. The van der Waals surface area contributed by atoms with Crippen molar-refractivity contribution in [1.82, 2.24) is 4.98 Å². The van der Waals surface area contributed by atoms with Crippen molar-refractivity contribution in [2.45, 2.75) is 6.92 Å². The maximum absolute atomic E-state index is 12.7. The van der Waals surface area contributed by atoms with Crippen LogP contribution in [0.15, 0.2) is 36.4 Å². The quantitative estimate of drug-likeness (QED) is 0.586. The Morgan fingerprint density at radius 3 is 2.82 bits per heavy atom. The largest absolute Gasteiger partial charge is 0.482 e. The van der Waals surface area contributed by atoms with Crippen molar-refractivity contribution < 1.29 is 23.9 Å². The number of thiazole rings is 1. The highest BCUT2D eigenvalue weighted by Crippen LogP contribution is 2.37. The van der Waals surface area contributed by atoms with Crippen LogP contribution in [0.2, 0.25) is 5.02 Å². The van der Waals surface area contributed by atoms with E-state index in [2.05, 4.69) is 15.6 Å². The van der Waals surface area contributed by atoms with E-state index < -0.39 is 5.91 Å². The number of rotatable bonds is 4. The van der Waals surface area contributed by atoms with Crippen molar-refractivity contribution in [3.8, 4) is 22.8 Å². The fourth-order valence-electron chi connectivity index (χ4n) is 3.60. The molecule has 0 saturated carbocycles.